The predicted octanol–water partition coefficient (Wildman–Crippen LogP) is 5.94. The van der Waals surface area contributed by atoms with Gasteiger partial charge in [-0.05, 0) is 49.1 Å². The molecule has 0 aromatic heterocycles. The molecule has 0 spiro atoms. The smallest absolute Gasteiger partial charge is 0.265 e. The Balaban J connectivity index is 2.15. The normalized spacial score (nSPS) is 12.1. The first kappa shape index (κ1) is 18.8. The number of para-hydroxylation sites is 1. The predicted molar refractivity (Wildman–Crippen MR) is 103 cm³/mol. The number of hydrogen-bond acceptors (Lipinski definition) is 2. The van der Waals surface area contributed by atoms with Crippen LogP contribution >= 0.6 is 27.5 Å². The van der Waals surface area contributed by atoms with Gasteiger partial charge < -0.3 is 10.1 Å². The van der Waals surface area contributed by atoms with E-state index in [4.69, 9.17) is 16.3 Å². The van der Waals surface area contributed by atoms with E-state index in [1.807, 2.05) is 31.2 Å². The quantitative estimate of drug-likeness (QED) is 0.662. The van der Waals surface area contributed by atoms with Gasteiger partial charge in [0.05, 0.1) is 5.02 Å². The van der Waals surface area contributed by atoms with Crippen molar-refractivity contribution in [2.24, 2.45) is 0 Å². The van der Waals surface area contributed by atoms with Crippen molar-refractivity contribution in [1.82, 2.24) is 0 Å². The zero-order chi connectivity index (χ0) is 17.9. The number of benzene rings is 2. The topological polar surface area (TPSA) is 38.3 Å². The van der Waals surface area contributed by atoms with Gasteiger partial charge in [0, 0.05) is 10.2 Å². The highest BCUT2D eigenvalue weighted by molar-refractivity contribution is 9.10. The molecule has 1 N–H and O–H groups in total. The fourth-order valence-corrected chi connectivity index (χ4v) is 3.10. The van der Waals surface area contributed by atoms with Gasteiger partial charge in [0.15, 0.2) is 6.10 Å². The SMILES string of the molecule is Cc1cccc(C(C)C)c1NC(=O)[C@@H](C)Oc1ccc(Br)cc1Cl. The van der Waals surface area contributed by atoms with Crippen molar-refractivity contribution in [2.75, 3.05) is 5.32 Å². The summed E-state index contributed by atoms with van der Waals surface area (Å²) < 4.78 is 6.57. The van der Waals surface area contributed by atoms with E-state index in [1.165, 1.54) is 0 Å². The molecule has 0 unspecified atom stereocenters. The summed E-state index contributed by atoms with van der Waals surface area (Å²) in [5.41, 5.74) is 3.00. The lowest BCUT2D eigenvalue weighted by molar-refractivity contribution is -0.122. The molecule has 0 aliphatic carbocycles. The minimum Gasteiger partial charge on any atom is -0.479 e. The van der Waals surface area contributed by atoms with E-state index in [1.54, 1.807) is 19.1 Å². The number of amides is 1. The monoisotopic (exact) mass is 409 g/mol. The third-order valence-corrected chi connectivity index (χ3v) is 4.53. The Labute approximate surface area is 156 Å². The Morgan fingerprint density at radius 3 is 2.54 bits per heavy atom. The summed E-state index contributed by atoms with van der Waals surface area (Å²) in [6, 6.07) is 11.3. The second kappa shape index (κ2) is 8.04. The number of carbonyl (C=O) groups excluding carboxylic acids is 1. The standard InChI is InChI=1S/C19H21BrClNO2/c1-11(2)15-7-5-6-12(3)18(15)22-19(23)13(4)24-17-9-8-14(20)10-16(17)21/h5-11,13H,1-4H3,(H,22,23)/t13-/m1/s1. The van der Waals surface area contributed by atoms with Crippen LogP contribution < -0.4 is 10.1 Å². The second-order valence-corrected chi connectivity index (χ2v) is 7.34. The maximum absolute atomic E-state index is 12.5. The molecule has 0 radical (unpaired) electrons. The molecule has 3 nitrogen and oxygen atoms in total. The Bertz CT molecular complexity index is 746. The molecule has 0 bridgehead atoms. The first-order valence-electron chi connectivity index (χ1n) is 7.81. The van der Waals surface area contributed by atoms with Crippen LogP contribution in [0.1, 0.15) is 37.8 Å². The van der Waals surface area contributed by atoms with E-state index in [0.29, 0.717) is 16.7 Å². The van der Waals surface area contributed by atoms with Gasteiger partial charge >= 0.3 is 0 Å². The minimum absolute atomic E-state index is 0.204. The van der Waals surface area contributed by atoms with Gasteiger partial charge in [0.25, 0.3) is 5.91 Å². The van der Waals surface area contributed by atoms with E-state index in [-0.39, 0.29) is 5.91 Å². The van der Waals surface area contributed by atoms with E-state index < -0.39 is 6.10 Å². The Kier molecular flexibility index (Phi) is 6.30. The van der Waals surface area contributed by atoms with Gasteiger partial charge in [0.1, 0.15) is 5.75 Å². The molecule has 0 heterocycles. The highest BCUT2D eigenvalue weighted by atomic mass is 79.9. The van der Waals surface area contributed by atoms with Gasteiger partial charge in [-0.1, -0.05) is 59.6 Å². The molecule has 1 atom stereocenters. The van der Waals surface area contributed by atoms with Crippen LogP contribution in [0.3, 0.4) is 0 Å². The Morgan fingerprint density at radius 1 is 1.21 bits per heavy atom. The summed E-state index contributed by atoms with van der Waals surface area (Å²) in [4.78, 5) is 12.5. The molecular weight excluding hydrogens is 390 g/mol. The average molecular weight is 411 g/mol. The first-order valence-corrected chi connectivity index (χ1v) is 8.98. The van der Waals surface area contributed by atoms with Gasteiger partial charge in [0.2, 0.25) is 0 Å². The molecule has 0 saturated carbocycles. The third-order valence-electron chi connectivity index (χ3n) is 3.74. The Morgan fingerprint density at radius 2 is 1.92 bits per heavy atom. The second-order valence-electron chi connectivity index (χ2n) is 6.02. The van der Waals surface area contributed by atoms with Crippen molar-refractivity contribution >= 4 is 39.1 Å². The minimum atomic E-state index is -0.664. The number of hydrogen-bond donors (Lipinski definition) is 1. The zero-order valence-corrected chi connectivity index (χ0v) is 16.5. The maximum atomic E-state index is 12.5. The fourth-order valence-electron chi connectivity index (χ4n) is 2.38. The van der Waals surface area contributed by atoms with E-state index in [0.717, 1.165) is 21.3 Å². The van der Waals surface area contributed by atoms with Crippen LogP contribution in [0.25, 0.3) is 0 Å². The molecule has 0 aliphatic rings. The third kappa shape index (κ3) is 4.52. The zero-order valence-electron chi connectivity index (χ0n) is 14.2. The fraction of sp³-hybridized carbons (Fsp3) is 0.316. The summed E-state index contributed by atoms with van der Waals surface area (Å²) in [5.74, 6) is 0.596. The average Bonchev–Trinajstić information content (AvgIpc) is 2.51. The van der Waals surface area contributed by atoms with Crippen molar-refractivity contribution in [1.29, 1.82) is 0 Å². The number of anilines is 1. The molecule has 0 saturated heterocycles. The van der Waals surface area contributed by atoms with Crippen LogP contribution in [0.5, 0.6) is 5.75 Å². The summed E-state index contributed by atoms with van der Waals surface area (Å²) in [6.45, 7) is 7.90. The number of nitrogens with one attached hydrogen (secondary N) is 1. The number of aryl methyl sites for hydroxylation is 1. The highest BCUT2D eigenvalue weighted by Crippen LogP contribution is 2.30. The van der Waals surface area contributed by atoms with E-state index in [9.17, 15) is 4.79 Å². The number of halogens is 2. The van der Waals surface area contributed by atoms with Crippen LogP contribution in [0.4, 0.5) is 5.69 Å². The molecule has 2 aromatic rings. The van der Waals surface area contributed by atoms with Crippen molar-refractivity contribution in [3.63, 3.8) is 0 Å². The van der Waals surface area contributed by atoms with E-state index >= 15 is 0 Å². The van der Waals surface area contributed by atoms with Crippen molar-refractivity contribution in [3.8, 4) is 5.75 Å². The summed E-state index contributed by atoms with van der Waals surface area (Å²) in [6.07, 6.45) is -0.664. The van der Waals surface area contributed by atoms with Crippen molar-refractivity contribution in [2.45, 2.75) is 39.7 Å². The molecule has 0 aliphatic heterocycles. The molecule has 128 valence electrons. The first-order chi connectivity index (χ1) is 11.3. The van der Waals surface area contributed by atoms with E-state index in [2.05, 4.69) is 35.1 Å². The summed E-state index contributed by atoms with van der Waals surface area (Å²) in [7, 11) is 0. The molecule has 0 fully saturated rings. The lowest BCUT2D eigenvalue weighted by Gasteiger charge is -2.20. The number of rotatable bonds is 5. The summed E-state index contributed by atoms with van der Waals surface area (Å²) >= 11 is 9.49. The van der Waals surface area contributed by atoms with Crippen LogP contribution in [-0.2, 0) is 4.79 Å². The van der Waals surface area contributed by atoms with Crippen molar-refractivity contribution in [3.05, 3.63) is 57.0 Å². The lowest BCUT2D eigenvalue weighted by Crippen LogP contribution is -2.31. The number of ether oxygens (including phenoxy) is 1. The van der Waals surface area contributed by atoms with Crippen molar-refractivity contribution < 1.29 is 9.53 Å². The number of carbonyl (C=O) groups is 1. The van der Waals surface area contributed by atoms with Gasteiger partial charge in [-0.3, -0.25) is 4.79 Å². The van der Waals surface area contributed by atoms with Gasteiger partial charge in [-0.25, -0.2) is 0 Å². The molecule has 5 heteroatoms. The van der Waals surface area contributed by atoms with Gasteiger partial charge in [-0.15, -0.1) is 0 Å². The Hall–Kier alpha value is -1.52. The van der Waals surface area contributed by atoms with Crippen LogP contribution in [0, 0.1) is 6.92 Å². The molecular formula is C19H21BrClNO2. The maximum Gasteiger partial charge on any atom is 0.265 e. The van der Waals surface area contributed by atoms with Gasteiger partial charge in [-0.2, -0.15) is 0 Å². The van der Waals surface area contributed by atoms with Crippen LogP contribution in [-0.4, -0.2) is 12.0 Å². The molecule has 1 amide bonds. The van der Waals surface area contributed by atoms with Crippen LogP contribution in [0.2, 0.25) is 5.02 Å². The molecule has 2 aromatic carbocycles. The largest absolute Gasteiger partial charge is 0.479 e. The summed E-state index contributed by atoms with van der Waals surface area (Å²) in [5, 5.41) is 3.46. The lowest BCUT2D eigenvalue weighted by atomic mass is 9.98. The van der Waals surface area contributed by atoms with Crippen LogP contribution in [0.15, 0.2) is 40.9 Å². The highest BCUT2D eigenvalue weighted by Gasteiger charge is 2.19. The molecule has 2 rings (SSSR count). The molecule has 24 heavy (non-hydrogen) atoms.